The summed E-state index contributed by atoms with van der Waals surface area (Å²) in [5.41, 5.74) is -0.513. The fourth-order valence-electron chi connectivity index (χ4n) is 2.33. The first-order chi connectivity index (χ1) is 9.08. The highest BCUT2D eigenvalue weighted by molar-refractivity contribution is 6.00. The van der Waals surface area contributed by atoms with Gasteiger partial charge in [0.15, 0.2) is 11.2 Å². The van der Waals surface area contributed by atoms with Crippen LogP contribution in [0.25, 0.3) is 10.9 Å². The van der Waals surface area contributed by atoms with E-state index in [0.29, 0.717) is 18.2 Å². The third-order valence-electron chi connectivity index (χ3n) is 3.62. The molecule has 3 rings (SSSR count). The van der Waals surface area contributed by atoms with E-state index in [9.17, 15) is 14.7 Å². The van der Waals surface area contributed by atoms with Crippen molar-refractivity contribution in [2.75, 3.05) is 0 Å². The number of carboxylic acids is 1. The van der Waals surface area contributed by atoms with Gasteiger partial charge in [-0.05, 0) is 25.7 Å². The predicted octanol–water partition coefficient (Wildman–Crippen LogP) is 1.19. The quantitative estimate of drug-likeness (QED) is 0.893. The van der Waals surface area contributed by atoms with Crippen LogP contribution in [0.4, 0.5) is 0 Å². The summed E-state index contributed by atoms with van der Waals surface area (Å²) in [6.07, 6.45) is 3.25. The van der Waals surface area contributed by atoms with Gasteiger partial charge in [-0.15, -0.1) is 0 Å². The largest absolute Gasteiger partial charge is 0.476 e. The number of aryl methyl sites for hydroxylation is 1. The van der Waals surface area contributed by atoms with Crippen molar-refractivity contribution in [3.63, 3.8) is 0 Å². The number of hydrogen-bond acceptors (Lipinski definition) is 5. The van der Waals surface area contributed by atoms with Crippen LogP contribution in [0.2, 0.25) is 0 Å². The Morgan fingerprint density at radius 2 is 2.26 bits per heavy atom. The van der Waals surface area contributed by atoms with E-state index >= 15 is 0 Å². The predicted molar refractivity (Wildman–Crippen MR) is 65.1 cm³/mol. The molecule has 0 aliphatic heterocycles. The zero-order chi connectivity index (χ0) is 13.6. The number of carbonyl (C=O) groups is 1. The summed E-state index contributed by atoms with van der Waals surface area (Å²) < 4.78 is 6.13. The molecule has 2 aromatic heterocycles. The van der Waals surface area contributed by atoms with Crippen LogP contribution >= 0.6 is 0 Å². The summed E-state index contributed by atoms with van der Waals surface area (Å²) in [5.74, 6) is -0.483. The van der Waals surface area contributed by atoms with Gasteiger partial charge in [0.05, 0.1) is 5.39 Å². The zero-order valence-corrected chi connectivity index (χ0v) is 10.4. The van der Waals surface area contributed by atoms with Gasteiger partial charge < -0.3 is 9.63 Å². The van der Waals surface area contributed by atoms with Crippen LogP contribution in [0, 0.1) is 12.8 Å². The maximum absolute atomic E-state index is 12.2. The van der Waals surface area contributed by atoms with Gasteiger partial charge >= 0.3 is 5.97 Å². The van der Waals surface area contributed by atoms with Crippen LogP contribution in [0.3, 0.4) is 0 Å². The van der Waals surface area contributed by atoms with Gasteiger partial charge in [0.25, 0.3) is 5.56 Å². The third-order valence-corrected chi connectivity index (χ3v) is 3.62. The number of aromatic nitrogens is 3. The average molecular weight is 263 g/mol. The molecule has 0 saturated heterocycles. The minimum absolute atomic E-state index is 0.0456. The highest BCUT2D eigenvalue weighted by Crippen LogP contribution is 2.27. The Hall–Kier alpha value is -2.18. The van der Waals surface area contributed by atoms with Crippen molar-refractivity contribution in [2.45, 2.75) is 32.7 Å². The van der Waals surface area contributed by atoms with Crippen LogP contribution in [0.1, 0.15) is 35.5 Å². The highest BCUT2D eigenvalue weighted by atomic mass is 16.5. The standard InChI is InChI=1S/C12H13N3O4/c1-6-8-9(14-19-6)11(16)15(5-7-3-2-4-7)13-10(8)12(17)18/h7H,2-5H2,1H3,(H,17,18). The molecule has 0 spiro atoms. The first kappa shape index (κ1) is 11.9. The van der Waals surface area contributed by atoms with E-state index in [1.54, 1.807) is 6.92 Å². The molecule has 2 aromatic rings. The summed E-state index contributed by atoms with van der Waals surface area (Å²) in [4.78, 5) is 23.4. The Kier molecular flexibility index (Phi) is 2.62. The molecule has 1 fully saturated rings. The molecule has 0 unspecified atom stereocenters. The summed E-state index contributed by atoms with van der Waals surface area (Å²) in [6, 6.07) is 0. The third kappa shape index (κ3) is 1.81. The highest BCUT2D eigenvalue weighted by Gasteiger charge is 2.24. The molecule has 7 nitrogen and oxygen atoms in total. The molecule has 1 aliphatic rings. The molecule has 2 heterocycles. The summed E-state index contributed by atoms with van der Waals surface area (Å²) in [6.45, 7) is 2.01. The first-order valence-electron chi connectivity index (χ1n) is 6.18. The van der Waals surface area contributed by atoms with Crippen molar-refractivity contribution in [3.8, 4) is 0 Å². The fourth-order valence-corrected chi connectivity index (χ4v) is 2.33. The molecule has 0 atom stereocenters. The SMILES string of the molecule is Cc1onc2c(=O)n(CC3CCC3)nc(C(=O)O)c12. The van der Waals surface area contributed by atoms with Crippen molar-refractivity contribution in [1.29, 1.82) is 0 Å². The Bertz CT molecular complexity index is 712. The van der Waals surface area contributed by atoms with Gasteiger partial charge in [0, 0.05) is 6.54 Å². The molecular formula is C12H13N3O4. The summed E-state index contributed by atoms with van der Waals surface area (Å²) in [7, 11) is 0. The van der Waals surface area contributed by atoms with Crippen molar-refractivity contribution in [3.05, 3.63) is 21.8 Å². The summed E-state index contributed by atoms with van der Waals surface area (Å²) >= 11 is 0. The Morgan fingerprint density at radius 1 is 1.53 bits per heavy atom. The number of fused-ring (bicyclic) bond motifs is 1. The first-order valence-corrected chi connectivity index (χ1v) is 6.18. The van der Waals surface area contributed by atoms with Crippen molar-refractivity contribution in [2.24, 2.45) is 5.92 Å². The van der Waals surface area contributed by atoms with Crippen LogP contribution < -0.4 is 5.56 Å². The summed E-state index contributed by atoms with van der Waals surface area (Å²) in [5, 5.41) is 17.0. The minimum Gasteiger partial charge on any atom is -0.476 e. The normalized spacial score (nSPS) is 15.6. The molecular weight excluding hydrogens is 250 g/mol. The van der Waals surface area contributed by atoms with Gasteiger partial charge in [0.1, 0.15) is 5.76 Å². The smallest absolute Gasteiger partial charge is 0.357 e. The second kappa shape index (κ2) is 4.18. The minimum atomic E-state index is -1.18. The molecule has 7 heteroatoms. The Balaban J connectivity index is 2.20. The fraction of sp³-hybridized carbons (Fsp3) is 0.500. The Morgan fingerprint density at radius 3 is 2.84 bits per heavy atom. The molecule has 100 valence electrons. The van der Waals surface area contributed by atoms with E-state index in [4.69, 9.17) is 4.52 Å². The van der Waals surface area contributed by atoms with E-state index in [2.05, 4.69) is 10.3 Å². The second-order valence-electron chi connectivity index (χ2n) is 4.90. The van der Waals surface area contributed by atoms with E-state index in [1.807, 2.05) is 0 Å². The van der Waals surface area contributed by atoms with Gasteiger partial charge in [0.2, 0.25) is 0 Å². The van der Waals surface area contributed by atoms with Crippen LogP contribution in [0.5, 0.6) is 0 Å². The lowest BCUT2D eigenvalue weighted by atomic mass is 9.85. The maximum atomic E-state index is 12.2. The van der Waals surface area contributed by atoms with Crippen LogP contribution in [-0.2, 0) is 6.54 Å². The maximum Gasteiger partial charge on any atom is 0.357 e. The molecule has 0 radical (unpaired) electrons. The molecule has 19 heavy (non-hydrogen) atoms. The van der Waals surface area contributed by atoms with Crippen molar-refractivity contribution < 1.29 is 14.4 Å². The van der Waals surface area contributed by atoms with Crippen molar-refractivity contribution in [1.82, 2.24) is 14.9 Å². The monoisotopic (exact) mass is 263 g/mol. The topological polar surface area (TPSA) is 98.2 Å². The van der Waals surface area contributed by atoms with Gasteiger partial charge in [-0.25, -0.2) is 9.48 Å². The van der Waals surface area contributed by atoms with E-state index in [0.717, 1.165) is 19.3 Å². The van der Waals surface area contributed by atoms with E-state index in [-0.39, 0.29) is 22.2 Å². The average Bonchev–Trinajstić information content (AvgIpc) is 2.69. The molecule has 0 aromatic carbocycles. The lowest BCUT2D eigenvalue weighted by Crippen LogP contribution is -2.31. The molecule has 0 amide bonds. The van der Waals surface area contributed by atoms with E-state index in [1.165, 1.54) is 4.68 Å². The molecule has 1 saturated carbocycles. The number of aromatic carboxylic acids is 1. The number of hydrogen-bond donors (Lipinski definition) is 1. The second-order valence-corrected chi connectivity index (χ2v) is 4.90. The zero-order valence-electron chi connectivity index (χ0n) is 10.4. The molecule has 0 bridgehead atoms. The Labute approximate surface area is 107 Å². The van der Waals surface area contributed by atoms with Gasteiger partial charge in [-0.3, -0.25) is 4.79 Å². The number of rotatable bonds is 3. The number of nitrogens with zero attached hydrogens (tertiary/aromatic N) is 3. The molecule has 1 aliphatic carbocycles. The lowest BCUT2D eigenvalue weighted by Gasteiger charge is -2.25. The van der Waals surface area contributed by atoms with Gasteiger partial charge in [-0.2, -0.15) is 5.10 Å². The van der Waals surface area contributed by atoms with Crippen LogP contribution in [-0.4, -0.2) is 26.0 Å². The van der Waals surface area contributed by atoms with Crippen molar-refractivity contribution >= 4 is 16.9 Å². The molecule has 1 N–H and O–H groups in total. The van der Waals surface area contributed by atoms with Gasteiger partial charge in [-0.1, -0.05) is 11.6 Å². The van der Waals surface area contributed by atoms with Crippen LogP contribution in [0.15, 0.2) is 9.32 Å². The number of carboxylic acid groups (broad SMARTS) is 1. The van der Waals surface area contributed by atoms with E-state index < -0.39 is 5.97 Å². The lowest BCUT2D eigenvalue weighted by molar-refractivity contribution is 0.0689.